The summed E-state index contributed by atoms with van der Waals surface area (Å²) in [7, 11) is 0. The summed E-state index contributed by atoms with van der Waals surface area (Å²) in [5, 5.41) is 7.17. The van der Waals surface area contributed by atoms with Gasteiger partial charge in [0.05, 0.1) is 0 Å². The molecule has 358 valence electrons. The summed E-state index contributed by atoms with van der Waals surface area (Å²) in [6.45, 7) is 21.5. The van der Waals surface area contributed by atoms with Crippen LogP contribution in [0.1, 0.15) is 101 Å². The molecular weight excluding hydrogens is 899 g/mol. The number of hydrogen-bond donors (Lipinski definition) is 0. The maximum Gasteiger partial charge on any atom is 0.144 e. The molecule has 3 nitrogen and oxygen atoms in total. The van der Waals surface area contributed by atoms with Gasteiger partial charge in [0, 0.05) is 66.0 Å². The molecule has 3 heteroatoms. The summed E-state index contributed by atoms with van der Waals surface area (Å²) in [6.07, 6.45) is 0. The van der Waals surface area contributed by atoms with Gasteiger partial charge in [0.25, 0.3) is 0 Å². The number of fused-ring (bicyclic) bond motifs is 20. The van der Waals surface area contributed by atoms with Gasteiger partial charge < -0.3 is 13.7 Å². The largest absolute Gasteiger partial charge is 0.455 e. The molecule has 0 radical (unpaired) electrons. The Morgan fingerprint density at radius 1 is 0.365 bits per heavy atom. The van der Waals surface area contributed by atoms with Crippen LogP contribution >= 0.6 is 0 Å². The van der Waals surface area contributed by atoms with Gasteiger partial charge in [0.15, 0.2) is 0 Å². The lowest BCUT2D eigenvalue weighted by Crippen LogP contribution is -2.24. The van der Waals surface area contributed by atoms with Crippen LogP contribution < -0.4 is 4.90 Å². The Kier molecular flexibility index (Phi) is 8.54. The van der Waals surface area contributed by atoms with Gasteiger partial charge >= 0.3 is 0 Å². The predicted octanol–water partition coefficient (Wildman–Crippen LogP) is 20.0. The standard InChI is InChI=1S/C71H57NO2/c1-68(2,3)41-29-31-42(32-30-41)72(44-34-36-49-55(38-44)71(8,9)64-60(49)62-51-24-14-17-28-58(51)74-67(62)63-47-22-12-15-26-53(47)70(6,7)65(63)64)43-33-35-48-54(37-43)69(4,5)56-39-52(46-25-18-20-40-19-10-11-21-45(40)46)66-61(59(48)56)50-23-13-16-27-57(50)73-66/h10-39H,1-9H3. The molecule has 0 saturated heterocycles. The summed E-state index contributed by atoms with van der Waals surface area (Å²) in [4.78, 5) is 2.50. The number of nitrogens with zero attached hydrogens (tertiary/aromatic N) is 1. The van der Waals surface area contributed by atoms with Crippen LogP contribution in [-0.4, -0.2) is 0 Å². The molecule has 3 aliphatic rings. The maximum absolute atomic E-state index is 7.01. The zero-order valence-corrected chi connectivity index (χ0v) is 43.6. The van der Waals surface area contributed by atoms with Crippen LogP contribution in [0.3, 0.4) is 0 Å². The fraction of sp³-hybridized carbons (Fsp3) is 0.183. The smallest absolute Gasteiger partial charge is 0.144 e. The Balaban J connectivity index is 0.951. The first-order valence-electron chi connectivity index (χ1n) is 26.4. The van der Waals surface area contributed by atoms with Crippen molar-refractivity contribution in [2.75, 3.05) is 4.90 Å². The summed E-state index contributed by atoms with van der Waals surface area (Å²) >= 11 is 0. The Morgan fingerprint density at radius 2 is 0.865 bits per heavy atom. The van der Waals surface area contributed by atoms with Crippen molar-refractivity contribution in [2.45, 2.75) is 84.0 Å². The zero-order valence-electron chi connectivity index (χ0n) is 43.6. The highest BCUT2D eigenvalue weighted by molar-refractivity contribution is 6.22. The molecule has 3 aliphatic carbocycles. The molecule has 12 aromatic rings. The van der Waals surface area contributed by atoms with Crippen LogP contribution in [0.15, 0.2) is 191 Å². The lowest BCUT2D eigenvalue weighted by atomic mass is 9.72. The van der Waals surface area contributed by atoms with Gasteiger partial charge in [-0.3, -0.25) is 0 Å². The molecule has 0 amide bonds. The Morgan fingerprint density at radius 3 is 1.55 bits per heavy atom. The lowest BCUT2D eigenvalue weighted by molar-refractivity contribution is 0.590. The molecule has 0 bridgehead atoms. The molecule has 0 fully saturated rings. The molecule has 74 heavy (non-hydrogen) atoms. The second-order valence-electron chi connectivity index (χ2n) is 24.0. The van der Waals surface area contributed by atoms with Crippen molar-refractivity contribution in [3.63, 3.8) is 0 Å². The van der Waals surface area contributed by atoms with E-state index in [2.05, 4.69) is 249 Å². The van der Waals surface area contributed by atoms with Gasteiger partial charge in [-0.1, -0.05) is 190 Å². The molecule has 0 unspecified atom stereocenters. The number of para-hydroxylation sites is 2. The fourth-order valence-electron chi connectivity index (χ4n) is 14.1. The maximum atomic E-state index is 7.01. The first kappa shape index (κ1) is 43.4. The topological polar surface area (TPSA) is 29.5 Å². The van der Waals surface area contributed by atoms with E-state index in [4.69, 9.17) is 8.83 Å². The minimum Gasteiger partial charge on any atom is -0.455 e. The van der Waals surface area contributed by atoms with Crippen molar-refractivity contribution < 1.29 is 8.83 Å². The third kappa shape index (κ3) is 5.62. The molecule has 0 atom stereocenters. The third-order valence-electron chi connectivity index (χ3n) is 17.7. The van der Waals surface area contributed by atoms with E-state index in [9.17, 15) is 0 Å². The van der Waals surface area contributed by atoms with Crippen molar-refractivity contribution >= 4 is 71.7 Å². The molecule has 2 heterocycles. The summed E-state index contributed by atoms with van der Waals surface area (Å²) in [5.74, 6) is 0. The number of anilines is 3. The van der Waals surface area contributed by atoms with Crippen LogP contribution in [0.25, 0.3) is 99.2 Å². The van der Waals surface area contributed by atoms with Crippen LogP contribution in [-0.2, 0) is 21.7 Å². The van der Waals surface area contributed by atoms with E-state index in [1.165, 1.54) is 105 Å². The van der Waals surface area contributed by atoms with Crippen LogP contribution in [0, 0.1) is 0 Å². The highest BCUT2D eigenvalue weighted by Gasteiger charge is 2.49. The Hall–Kier alpha value is -8.14. The number of furan rings is 2. The third-order valence-corrected chi connectivity index (χ3v) is 17.7. The molecule has 0 N–H and O–H groups in total. The highest BCUT2D eigenvalue weighted by atomic mass is 16.3. The first-order valence-corrected chi connectivity index (χ1v) is 26.4. The Bertz CT molecular complexity index is 4420. The van der Waals surface area contributed by atoms with Gasteiger partial charge in [0.1, 0.15) is 22.3 Å². The average molecular weight is 956 g/mol. The molecule has 15 rings (SSSR count). The van der Waals surface area contributed by atoms with Gasteiger partial charge in [-0.15, -0.1) is 0 Å². The van der Waals surface area contributed by atoms with E-state index in [-0.39, 0.29) is 21.7 Å². The molecule has 10 aromatic carbocycles. The van der Waals surface area contributed by atoms with E-state index >= 15 is 0 Å². The number of rotatable bonds is 4. The van der Waals surface area contributed by atoms with Gasteiger partial charge in [0.2, 0.25) is 0 Å². The van der Waals surface area contributed by atoms with E-state index in [1.807, 2.05) is 0 Å². The second kappa shape index (κ2) is 14.5. The zero-order chi connectivity index (χ0) is 50.4. The van der Waals surface area contributed by atoms with Crippen molar-refractivity contribution in [1.82, 2.24) is 0 Å². The summed E-state index contributed by atoms with van der Waals surface area (Å²) < 4.78 is 14.0. The van der Waals surface area contributed by atoms with E-state index in [0.717, 1.165) is 50.3 Å². The van der Waals surface area contributed by atoms with E-state index < -0.39 is 0 Å². The van der Waals surface area contributed by atoms with E-state index in [1.54, 1.807) is 0 Å². The van der Waals surface area contributed by atoms with Gasteiger partial charge in [-0.25, -0.2) is 0 Å². The molecule has 0 saturated carbocycles. The van der Waals surface area contributed by atoms with Crippen molar-refractivity contribution in [3.05, 3.63) is 221 Å². The van der Waals surface area contributed by atoms with Gasteiger partial charge in [-0.2, -0.15) is 0 Å². The first-order chi connectivity index (χ1) is 35.6. The summed E-state index contributed by atoms with van der Waals surface area (Å²) in [5.41, 5.74) is 25.7. The normalized spacial score (nSPS) is 15.4. The highest BCUT2D eigenvalue weighted by Crippen LogP contribution is 2.64. The average Bonchev–Trinajstić information content (AvgIpc) is 4.20. The minimum atomic E-state index is -0.334. The molecular formula is C71H57NO2. The second-order valence-corrected chi connectivity index (χ2v) is 24.0. The molecule has 0 spiro atoms. The molecule has 0 aliphatic heterocycles. The number of benzene rings is 10. The summed E-state index contributed by atoms with van der Waals surface area (Å²) in [6, 6.07) is 67.9. The fourth-order valence-corrected chi connectivity index (χ4v) is 14.1. The SMILES string of the molecule is CC(C)(C)c1ccc(N(c2ccc3c(c2)C(C)(C)c2cc(-c4cccc5ccccc45)c4oc5ccccc5c4c2-3)c2ccc3c(c2)C(C)(C)c2c4c(c5oc6ccccc6c5c2-3)-c2ccccc2C4(C)C)cc1. The minimum absolute atomic E-state index is 0.0138. The molecule has 2 aromatic heterocycles. The monoisotopic (exact) mass is 955 g/mol. The quantitative estimate of drug-likeness (QED) is 0.176. The van der Waals surface area contributed by atoms with Crippen molar-refractivity contribution in [1.29, 1.82) is 0 Å². The number of hydrogen-bond acceptors (Lipinski definition) is 3. The van der Waals surface area contributed by atoms with Crippen LogP contribution in [0.4, 0.5) is 17.1 Å². The predicted molar refractivity (Wildman–Crippen MR) is 310 cm³/mol. The van der Waals surface area contributed by atoms with Gasteiger partial charge in [-0.05, 0) is 143 Å². The van der Waals surface area contributed by atoms with Crippen LogP contribution in [0.5, 0.6) is 0 Å². The van der Waals surface area contributed by atoms with Crippen LogP contribution in [0.2, 0.25) is 0 Å². The Labute approximate surface area is 432 Å². The van der Waals surface area contributed by atoms with Crippen molar-refractivity contribution in [3.8, 4) is 44.5 Å². The lowest BCUT2D eigenvalue weighted by Gasteiger charge is -2.32. The van der Waals surface area contributed by atoms with Crippen molar-refractivity contribution in [2.24, 2.45) is 0 Å². The van der Waals surface area contributed by atoms with E-state index in [0.29, 0.717) is 0 Å².